The van der Waals surface area contributed by atoms with Crippen molar-refractivity contribution >= 4 is 54.3 Å². The summed E-state index contributed by atoms with van der Waals surface area (Å²) < 4.78 is 2.61. The van der Waals surface area contributed by atoms with Gasteiger partial charge < -0.3 is 10.2 Å². The molecule has 2 nitrogen and oxygen atoms in total. The second kappa shape index (κ2) is 8.61. The summed E-state index contributed by atoms with van der Waals surface area (Å²) in [5.41, 5.74) is 5.80. The van der Waals surface area contributed by atoms with Gasteiger partial charge >= 0.3 is 0 Å². The van der Waals surface area contributed by atoms with Crippen LogP contribution in [0.2, 0.25) is 0 Å². The summed E-state index contributed by atoms with van der Waals surface area (Å²) in [6.45, 7) is 0. The molecule has 0 atom stereocenters. The number of hydrogen-bond acceptors (Lipinski definition) is 3. The Morgan fingerprint density at radius 2 is 1.39 bits per heavy atom. The van der Waals surface area contributed by atoms with E-state index in [2.05, 4.69) is 126 Å². The Balaban J connectivity index is 1.43. The summed E-state index contributed by atoms with van der Waals surface area (Å²) in [6.07, 6.45) is 8.90. The molecule has 5 aromatic rings. The predicted molar refractivity (Wildman–Crippen MR) is 144 cm³/mol. The van der Waals surface area contributed by atoms with Crippen LogP contribution in [-0.4, -0.2) is 0 Å². The largest absolute Gasteiger partial charge is 0.356 e. The second-order valence-corrected chi connectivity index (χ2v) is 9.35. The van der Waals surface area contributed by atoms with Gasteiger partial charge in [0.15, 0.2) is 0 Å². The maximum Gasteiger partial charge on any atom is 0.0476 e. The third kappa shape index (κ3) is 3.92. The number of benzene rings is 4. The molecule has 6 rings (SSSR count). The number of anilines is 4. The van der Waals surface area contributed by atoms with Gasteiger partial charge in [-0.15, -0.1) is 11.3 Å². The van der Waals surface area contributed by atoms with Gasteiger partial charge in [0.25, 0.3) is 0 Å². The monoisotopic (exact) mass is 444 g/mol. The lowest BCUT2D eigenvalue weighted by Crippen LogP contribution is -2.09. The molecule has 1 aliphatic carbocycles. The summed E-state index contributed by atoms with van der Waals surface area (Å²) in [7, 11) is 0. The van der Waals surface area contributed by atoms with E-state index in [1.807, 2.05) is 11.3 Å². The molecule has 0 spiro atoms. The molecule has 0 aliphatic heterocycles. The molecule has 0 saturated carbocycles. The molecule has 33 heavy (non-hydrogen) atoms. The van der Waals surface area contributed by atoms with Gasteiger partial charge in [-0.3, -0.25) is 0 Å². The lowest BCUT2D eigenvalue weighted by molar-refractivity contribution is 1.02. The molecule has 0 saturated heterocycles. The third-order valence-electron chi connectivity index (χ3n) is 6.03. The van der Waals surface area contributed by atoms with E-state index < -0.39 is 0 Å². The molecule has 160 valence electrons. The van der Waals surface area contributed by atoms with E-state index in [1.54, 1.807) is 0 Å². The van der Waals surface area contributed by atoms with Gasteiger partial charge in [0, 0.05) is 48.6 Å². The fraction of sp³-hybridized carbons (Fsp3) is 0.0667. The zero-order valence-electron chi connectivity index (χ0n) is 18.2. The highest BCUT2D eigenvalue weighted by Gasteiger charge is 2.14. The highest BCUT2D eigenvalue weighted by Crippen LogP contribution is 2.41. The lowest BCUT2D eigenvalue weighted by atomic mass is 10.1. The van der Waals surface area contributed by atoms with Gasteiger partial charge in [-0.1, -0.05) is 54.6 Å². The topological polar surface area (TPSA) is 15.3 Å². The van der Waals surface area contributed by atoms with Crippen molar-refractivity contribution in [2.24, 2.45) is 0 Å². The minimum atomic E-state index is 1.10. The third-order valence-corrected chi connectivity index (χ3v) is 7.16. The summed E-state index contributed by atoms with van der Waals surface area (Å²) in [6, 6.07) is 34.7. The normalized spacial score (nSPS) is 13.3. The van der Waals surface area contributed by atoms with E-state index in [9.17, 15) is 0 Å². The van der Waals surface area contributed by atoms with Gasteiger partial charge in [0.1, 0.15) is 0 Å². The fourth-order valence-electron chi connectivity index (χ4n) is 4.46. The van der Waals surface area contributed by atoms with Gasteiger partial charge in [0.05, 0.1) is 0 Å². The summed E-state index contributed by atoms with van der Waals surface area (Å²) in [4.78, 5) is 2.32. The smallest absolute Gasteiger partial charge is 0.0476 e. The van der Waals surface area contributed by atoms with Crippen molar-refractivity contribution in [3.63, 3.8) is 0 Å². The molecular weight excluding hydrogens is 420 g/mol. The van der Waals surface area contributed by atoms with Crippen LogP contribution in [0.25, 0.3) is 20.2 Å². The van der Waals surface area contributed by atoms with E-state index in [4.69, 9.17) is 0 Å². The molecule has 0 bridgehead atoms. The average molecular weight is 445 g/mol. The van der Waals surface area contributed by atoms with Crippen LogP contribution in [0.3, 0.4) is 0 Å². The molecule has 1 aromatic heterocycles. The summed E-state index contributed by atoms with van der Waals surface area (Å²) >= 11 is 1.86. The van der Waals surface area contributed by atoms with Crippen LogP contribution in [-0.2, 0) is 0 Å². The first-order valence-corrected chi connectivity index (χ1v) is 12.2. The number of nitrogens with one attached hydrogen (secondary N) is 1. The van der Waals surface area contributed by atoms with Crippen LogP contribution in [0.4, 0.5) is 22.7 Å². The van der Waals surface area contributed by atoms with E-state index in [0.717, 1.165) is 29.9 Å². The van der Waals surface area contributed by atoms with Crippen molar-refractivity contribution in [3.8, 4) is 0 Å². The minimum Gasteiger partial charge on any atom is -0.356 e. The molecule has 0 fully saturated rings. The van der Waals surface area contributed by atoms with E-state index in [-0.39, 0.29) is 0 Å². The number of para-hydroxylation sites is 2. The molecule has 0 radical (unpaired) electrons. The van der Waals surface area contributed by atoms with Gasteiger partial charge in [0.2, 0.25) is 0 Å². The molecular formula is C30H24N2S. The average Bonchev–Trinajstić information content (AvgIpc) is 3.23. The Morgan fingerprint density at radius 1 is 0.636 bits per heavy atom. The van der Waals surface area contributed by atoms with E-state index in [1.165, 1.54) is 31.6 Å². The SMILES string of the molecule is C1=CC(Nc2ccc3sc4cc(N(c5ccccc5)c5ccccc5)ccc4c3c2)=CCC1. The van der Waals surface area contributed by atoms with Crippen LogP contribution in [0.5, 0.6) is 0 Å². The maximum absolute atomic E-state index is 3.57. The molecule has 1 aliphatic rings. The zero-order chi connectivity index (χ0) is 22.0. The number of hydrogen-bond donors (Lipinski definition) is 1. The number of nitrogens with zero attached hydrogens (tertiary/aromatic N) is 1. The standard InChI is InChI=1S/C30H24N2S/c1-4-10-22(11-5-1)31-23-16-19-29-28(20-23)27-18-17-26(21-30(27)33-29)32(24-12-6-2-7-13-24)25-14-8-3-9-15-25/h2-4,6-21,31H,1,5H2. The van der Waals surface area contributed by atoms with Crippen LogP contribution < -0.4 is 10.2 Å². The van der Waals surface area contributed by atoms with Crippen molar-refractivity contribution < 1.29 is 0 Å². The number of rotatable bonds is 5. The van der Waals surface area contributed by atoms with E-state index in [0.29, 0.717) is 0 Å². The minimum absolute atomic E-state index is 1.10. The molecule has 0 unspecified atom stereocenters. The fourth-order valence-corrected chi connectivity index (χ4v) is 5.58. The van der Waals surface area contributed by atoms with Crippen LogP contribution in [0.15, 0.2) is 121 Å². The van der Waals surface area contributed by atoms with Crippen LogP contribution >= 0.6 is 11.3 Å². The summed E-state index contributed by atoms with van der Waals surface area (Å²) in [5.74, 6) is 0. The Labute approximate surface area is 198 Å². The maximum atomic E-state index is 3.57. The van der Waals surface area contributed by atoms with Gasteiger partial charge in [-0.05, 0) is 73.5 Å². The Kier molecular flexibility index (Phi) is 5.17. The molecule has 1 N–H and O–H groups in total. The summed E-state index contributed by atoms with van der Waals surface area (Å²) in [5, 5.41) is 6.18. The van der Waals surface area contributed by atoms with Crippen LogP contribution in [0, 0.1) is 0 Å². The lowest BCUT2D eigenvalue weighted by Gasteiger charge is -2.25. The van der Waals surface area contributed by atoms with Crippen LogP contribution in [0.1, 0.15) is 12.8 Å². The zero-order valence-corrected chi connectivity index (χ0v) is 19.1. The highest BCUT2D eigenvalue weighted by atomic mass is 32.1. The second-order valence-electron chi connectivity index (χ2n) is 8.26. The first kappa shape index (κ1) is 19.8. The van der Waals surface area contributed by atoms with E-state index >= 15 is 0 Å². The van der Waals surface area contributed by atoms with Gasteiger partial charge in [-0.2, -0.15) is 0 Å². The highest BCUT2D eigenvalue weighted by molar-refractivity contribution is 7.25. The van der Waals surface area contributed by atoms with Crippen molar-refractivity contribution in [2.45, 2.75) is 12.8 Å². The number of allylic oxidation sites excluding steroid dienone is 3. The van der Waals surface area contributed by atoms with Crippen molar-refractivity contribution in [1.29, 1.82) is 0 Å². The van der Waals surface area contributed by atoms with Crippen molar-refractivity contribution in [2.75, 3.05) is 10.2 Å². The molecule has 0 amide bonds. The quantitative estimate of drug-likeness (QED) is 0.291. The Morgan fingerprint density at radius 3 is 2.09 bits per heavy atom. The molecule has 4 aromatic carbocycles. The molecule has 1 heterocycles. The number of thiophene rings is 1. The predicted octanol–water partition coefficient (Wildman–Crippen LogP) is 9.17. The first-order chi connectivity index (χ1) is 16.3. The molecule has 3 heteroatoms. The van der Waals surface area contributed by atoms with Crippen molar-refractivity contribution in [1.82, 2.24) is 0 Å². The first-order valence-electron chi connectivity index (χ1n) is 11.4. The van der Waals surface area contributed by atoms with Gasteiger partial charge in [-0.25, -0.2) is 0 Å². The number of fused-ring (bicyclic) bond motifs is 3. The Hall–Kier alpha value is -3.82. The Bertz CT molecular complexity index is 1440. The van der Waals surface area contributed by atoms with Crippen molar-refractivity contribution in [3.05, 3.63) is 121 Å².